The van der Waals surface area contributed by atoms with Crippen LogP contribution in [0.5, 0.6) is 0 Å². The minimum atomic E-state index is -0.476. The maximum absolute atomic E-state index is 10.1. The van der Waals surface area contributed by atoms with E-state index < -0.39 is 6.10 Å². The van der Waals surface area contributed by atoms with Crippen LogP contribution in [0, 0.1) is 12.3 Å². The summed E-state index contributed by atoms with van der Waals surface area (Å²) in [7, 11) is 0. The second-order valence-corrected chi connectivity index (χ2v) is 4.63. The lowest BCUT2D eigenvalue weighted by molar-refractivity contribution is 0.175. The molecule has 0 bridgehead atoms. The Hall–Kier alpha value is -1.82. The second kappa shape index (κ2) is 6.94. The van der Waals surface area contributed by atoms with Gasteiger partial charge < -0.3 is 10.4 Å². The molecule has 2 aromatic carbocycles. The Morgan fingerprint density at radius 3 is 2.74 bits per heavy atom. The molecule has 98 valence electrons. The first-order valence-electron chi connectivity index (χ1n) is 6.62. The summed E-state index contributed by atoms with van der Waals surface area (Å²) in [5.74, 6) is 2.61. The van der Waals surface area contributed by atoms with Crippen LogP contribution in [0.1, 0.15) is 24.5 Å². The molecule has 2 N–H and O–H groups in total. The summed E-state index contributed by atoms with van der Waals surface area (Å²) in [5, 5.41) is 15.7. The second-order valence-electron chi connectivity index (χ2n) is 4.63. The summed E-state index contributed by atoms with van der Waals surface area (Å²) in [5.41, 5.74) is 0.947. The van der Waals surface area contributed by atoms with Gasteiger partial charge in [0, 0.05) is 13.0 Å². The fraction of sp³-hybridized carbons (Fsp3) is 0.294. The number of hydrogen-bond donors (Lipinski definition) is 2. The zero-order valence-corrected chi connectivity index (χ0v) is 11.0. The molecule has 0 amide bonds. The maximum atomic E-state index is 10.1. The Morgan fingerprint density at radius 1 is 1.16 bits per heavy atom. The summed E-state index contributed by atoms with van der Waals surface area (Å²) in [6.07, 6.45) is 6.43. The molecule has 0 fully saturated rings. The predicted molar refractivity (Wildman–Crippen MR) is 79.8 cm³/mol. The predicted octanol–water partition coefficient (Wildman–Crippen LogP) is 2.88. The zero-order valence-electron chi connectivity index (χ0n) is 11.0. The van der Waals surface area contributed by atoms with E-state index in [0.29, 0.717) is 6.54 Å². The van der Waals surface area contributed by atoms with Gasteiger partial charge in [-0.3, -0.25) is 0 Å². The number of benzene rings is 2. The fourth-order valence-electron chi connectivity index (χ4n) is 2.09. The topological polar surface area (TPSA) is 32.3 Å². The van der Waals surface area contributed by atoms with Crippen molar-refractivity contribution in [2.75, 3.05) is 13.1 Å². The van der Waals surface area contributed by atoms with Crippen LogP contribution in [-0.4, -0.2) is 18.2 Å². The molecule has 0 saturated heterocycles. The van der Waals surface area contributed by atoms with Crippen LogP contribution in [0.25, 0.3) is 10.8 Å². The molecule has 2 nitrogen and oxygen atoms in total. The molecular weight excluding hydrogens is 234 g/mol. The summed E-state index contributed by atoms with van der Waals surface area (Å²) >= 11 is 0. The number of unbranched alkanes of at least 4 members (excludes halogenated alkanes) is 1. The third-order valence-electron chi connectivity index (χ3n) is 3.17. The van der Waals surface area contributed by atoms with Crippen molar-refractivity contribution in [3.63, 3.8) is 0 Å². The van der Waals surface area contributed by atoms with Crippen molar-refractivity contribution in [3.8, 4) is 12.3 Å². The highest BCUT2D eigenvalue weighted by Gasteiger charge is 2.07. The van der Waals surface area contributed by atoms with E-state index in [0.717, 1.165) is 30.3 Å². The molecule has 0 aliphatic carbocycles. The molecule has 0 spiro atoms. The highest BCUT2D eigenvalue weighted by molar-refractivity contribution is 5.83. The van der Waals surface area contributed by atoms with Gasteiger partial charge in [-0.1, -0.05) is 36.4 Å². The van der Waals surface area contributed by atoms with E-state index in [2.05, 4.69) is 23.4 Å². The van der Waals surface area contributed by atoms with Gasteiger partial charge >= 0.3 is 0 Å². The normalized spacial score (nSPS) is 12.2. The Kier molecular flexibility index (Phi) is 4.97. The number of rotatable bonds is 6. The van der Waals surface area contributed by atoms with Crippen molar-refractivity contribution in [1.82, 2.24) is 5.32 Å². The number of fused-ring (bicyclic) bond motifs is 1. The van der Waals surface area contributed by atoms with Gasteiger partial charge in [-0.25, -0.2) is 0 Å². The fourth-order valence-corrected chi connectivity index (χ4v) is 2.09. The number of nitrogens with one attached hydrogen (secondary N) is 1. The standard InChI is InChI=1S/C17H19NO/c1-2-3-6-11-18-13-17(19)16-10-9-14-7-4-5-8-15(14)12-16/h1,4-5,7-10,12,17-19H,3,6,11,13H2. The van der Waals surface area contributed by atoms with E-state index in [1.165, 1.54) is 5.39 Å². The van der Waals surface area contributed by atoms with Gasteiger partial charge in [0.1, 0.15) is 0 Å². The molecule has 2 heteroatoms. The third kappa shape index (κ3) is 3.82. The van der Waals surface area contributed by atoms with Crippen LogP contribution in [-0.2, 0) is 0 Å². The van der Waals surface area contributed by atoms with Crippen LogP contribution in [0.3, 0.4) is 0 Å². The molecule has 0 saturated carbocycles. The quantitative estimate of drug-likeness (QED) is 0.613. The van der Waals surface area contributed by atoms with Gasteiger partial charge in [-0.05, 0) is 35.4 Å². The lowest BCUT2D eigenvalue weighted by Gasteiger charge is -2.12. The summed E-state index contributed by atoms with van der Waals surface area (Å²) in [6.45, 7) is 1.40. The average molecular weight is 253 g/mol. The van der Waals surface area contributed by atoms with Crippen molar-refractivity contribution < 1.29 is 5.11 Å². The first kappa shape index (κ1) is 13.6. The van der Waals surface area contributed by atoms with Gasteiger partial charge in [0.25, 0.3) is 0 Å². The summed E-state index contributed by atoms with van der Waals surface area (Å²) < 4.78 is 0. The van der Waals surface area contributed by atoms with E-state index in [1.54, 1.807) is 0 Å². The van der Waals surface area contributed by atoms with E-state index in [4.69, 9.17) is 6.42 Å². The van der Waals surface area contributed by atoms with E-state index in [1.807, 2.05) is 30.3 Å². The van der Waals surface area contributed by atoms with Crippen molar-refractivity contribution in [1.29, 1.82) is 0 Å². The zero-order chi connectivity index (χ0) is 13.5. The Balaban J connectivity index is 1.93. The lowest BCUT2D eigenvalue weighted by Crippen LogP contribution is -2.22. The molecule has 1 unspecified atom stereocenters. The molecule has 0 aliphatic heterocycles. The highest BCUT2D eigenvalue weighted by Crippen LogP contribution is 2.19. The van der Waals surface area contributed by atoms with Crippen LogP contribution in [0.2, 0.25) is 0 Å². The van der Waals surface area contributed by atoms with Crippen molar-refractivity contribution in [3.05, 3.63) is 48.0 Å². The molecule has 0 heterocycles. The van der Waals surface area contributed by atoms with E-state index in [-0.39, 0.29) is 0 Å². The monoisotopic (exact) mass is 253 g/mol. The van der Waals surface area contributed by atoms with Crippen molar-refractivity contribution in [2.45, 2.75) is 18.9 Å². The molecule has 0 radical (unpaired) electrons. The molecule has 1 atom stereocenters. The van der Waals surface area contributed by atoms with Crippen molar-refractivity contribution >= 4 is 10.8 Å². The van der Waals surface area contributed by atoms with Gasteiger partial charge in [0.05, 0.1) is 6.10 Å². The van der Waals surface area contributed by atoms with Crippen LogP contribution in [0.4, 0.5) is 0 Å². The first-order chi connectivity index (χ1) is 9.31. The van der Waals surface area contributed by atoms with Gasteiger partial charge in [-0.15, -0.1) is 12.3 Å². The Morgan fingerprint density at radius 2 is 1.95 bits per heavy atom. The minimum absolute atomic E-state index is 0.476. The van der Waals surface area contributed by atoms with Crippen molar-refractivity contribution in [2.24, 2.45) is 0 Å². The number of aliphatic hydroxyl groups excluding tert-OH is 1. The van der Waals surface area contributed by atoms with Gasteiger partial charge in [0.15, 0.2) is 0 Å². The van der Waals surface area contributed by atoms with E-state index in [9.17, 15) is 5.11 Å². The first-order valence-corrected chi connectivity index (χ1v) is 6.62. The third-order valence-corrected chi connectivity index (χ3v) is 3.17. The van der Waals surface area contributed by atoms with Gasteiger partial charge in [-0.2, -0.15) is 0 Å². The maximum Gasteiger partial charge on any atom is 0.0914 e. The van der Waals surface area contributed by atoms with Crippen LogP contribution < -0.4 is 5.32 Å². The Labute approximate surface area is 114 Å². The molecule has 2 aromatic rings. The van der Waals surface area contributed by atoms with Crippen LogP contribution >= 0.6 is 0 Å². The average Bonchev–Trinajstić information content (AvgIpc) is 2.46. The molecule has 2 rings (SSSR count). The molecule has 19 heavy (non-hydrogen) atoms. The molecular formula is C17H19NO. The smallest absolute Gasteiger partial charge is 0.0914 e. The lowest BCUT2D eigenvalue weighted by atomic mass is 10.0. The number of aliphatic hydroxyl groups is 1. The SMILES string of the molecule is C#CCCCNCC(O)c1ccc2ccccc2c1. The molecule has 0 aliphatic rings. The Bertz CT molecular complexity index is 571. The number of terminal acetylenes is 1. The largest absolute Gasteiger partial charge is 0.387 e. The van der Waals surface area contributed by atoms with Gasteiger partial charge in [0.2, 0.25) is 0 Å². The minimum Gasteiger partial charge on any atom is -0.387 e. The molecule has 0 aromatic heterocycles. The highest BCUT2D eigenvalue weighted by atomic mass is 16.3. The van der Waals surface area contributed by atoms with E-state index >= 15 is 0 Å². The summed E-state index contributed by atoms with van der Waals surface area (Å²) in [6, 6.07) is 14.2. The number of hydrogen-bond acceptors (Lipinski definition) is 2. The van der Waals surface area contributed by atoms with Crippen LogP contribution in [0.15, 0.2) is 42.5 Å². The summed E-state index contributed by atoms with van der Waals surface area (Å²) in [4.78, 5) is 0.